The van der Waals surface area contributed by atoms with E-state index in [4.69, 9.17) is 0 Å². The predicted molar refractivity (Wildman–Crippen MR) is 63.3 cm³/mol. The first-order valence-corrected chi connectivity index (χ1v) is 5.60. The summed E-state index contributed by atoms with van der Waals surface area (Å²) in [6.45, 7) is 6.17. The van der Waals surface area contributed by atoms with Crippen LogP contribution in [0.4, 0.5) is 0 Å². The molecule has 0 spiro atoms. The van der Waals surface area contributed by atoms with Crippen molar-refractivity contribution in [1.29, 1.82) is 0 Å². The minimum absolute atomic E-state index is 0.00297. The molecule has 0 amide bonds. The first-order valence-electron chi connectivity index (χ1n) is 4.72. The van der Waals surface area contributed by atoms with Crippen LogP contribution in [0.3, 0.4) is 0 Å². The fourth-order valence-corrected chi connectivity index (χ4v) is 1.97. The lowest BCUT2D eigenvalue weighted by atomic mass is 10.1. The van der Waals surface area contributed by atoms with E-state index in [2.05, 4.69) is 19.3 Å². The van der Waals surface area contributed by atoms with E-state index in [1.807, 2.05) is 25.2 Å². The van der Waals surface area contributed by atoms with E-state index in [9.17, 15) is 4.79 Å². The molecule has 0 radical (unpaired) electrons. The van der Waals surface area contributed by atoms with Crippen molar-refractivity contribution < 1.29 is 4.79 Å². The second-order valence-corrected chi connectivity index (χ2v) is 5.71. The summed E-state index contributed by atoms with van der Waals surface area (Å²) < 4.78 is -0.00297. The average Bonchev–Trinajstić information content (AvgIpc) is 2.07. The number of rotatable bonds is 0. The van der Waals surface area contributed by atoms with Crippen LogP contribution in [0, 0.1) is 0 Å². The van der Waals surface area contributed by atoms with Gasteiger partial charge in [0, 0.05) is 11.2 Å². The number of allylic oxidation sites excluding steroid dienone is 5. The lowest BCUT2D eigenvalue weighted by molar-refractivity contribution is -0.114. The molecule has 1 heterocycles. The highest BCUT2D eigenvalue weighted by atomic mass is 32.2. The van der Waals surface area contributed by atoms with Crippen LogP contribution >= 0.6 is 11.8 Å². The Hall–Kier alpha value is -0.760. The van der Waals surface area contributed by atoms with Crippen LogP contribution in [-0.2, 0) is 4.79 Å². The minimum atomic E-state index is -0.00297. The molecular formula is C12H16OS. The number of thioether (sulfide) groups is 1. The van der Waals surface area contributed by atoms with Gasteiger partial charge in [0.2, 0.25) is 0 Å². The molecule has 0 N–H and O–H groups in total. The molecule has 76 valence electrons. The SMILES string of the molecule is CC1=CC=CSC(C)(C)CC(=O)C=C1. The number of ketones is 1. The first-order chi connectivity index (χ1) is 6.49. The second-order valence-electron chi connectivity index (χ2n) is 4.09. The van der Waals surface area contributed by atoms with E-state index >= 15 is 0 Å². The molecule has 0 aliphatic carbocycles. The molecule has 0 unspecified atom stereocenters. The van der Waals surface area contributed by atoms with Crippen LogP contribution in [0.5, 0.6) is 0 Å². The fraction of sp³-hybridized carbons (Fsp3) is 0.417. The van der Waals surface area contributed by atoms with Gasteiger partial charge in [-0.15, -0.1) is 11.8 Å². The van der Waals surface area contributed by atoms with Crippen molar-refractivity contribution in [3.63, 3.8) is 0 Å². The van der Waals surface area contributed by atoms with Gasteiger partial charge >= 0.3 is 0 Å². The molecule has 1 nitrogen and oxygen atoms in total. The third-order valence-electron chi connectivity index (χ3n) is 1.96. The summed E-state index contributed by atoms with van der Waals surface area (Å²) in [5.41, 5.74) is 1.11. The minimum Gasteiger partial charge on any atom is -0.295 e. The van der Waals surface area contributed by atoms with Crippen molar-refractivity contribution in [3.05, 3.63) is 35.3 Å². The highest BCUT2D eigenvalue weighted by Gasteiger charge is 2.20. The summed E-state index contributed by atoms with van der Waals surface area (Å²) in [6.07, 6.45) is 8.18. The van der Waals surface area contributed by atoms with Crippen molar-refractivity contribution in [3.8, 4) is 0 Å². The van der Waals surface area contributed by atoms with Crippen molar-refractivity contribution in [2.24, 2.45) is 0 Å². The standard InChI is InChI=1S/C12H16OS/c1-10-5-4-8-14-12(2,3)9-11(13)7-6-10/h4-8H,9H2,1-3H3. The van der Waals surface area contributed by atoms with Crippen molar-refractivity contribution in [2.75, 3.05) is 0 Å². The largest absolute Gasteiger partial charge is 0.295 e. The summed E-state index contributed by atoms with van der Waals surface area (Å²) in [5.74, 6) is 0.200. The van der Waals surface area contributed by atoms with Crippen molar-refractivity contribution in [2.45, 2.75) is 31.9 Å². The molecule has 0 aromatic heterocycles. The quantitative estimate of drug-likeness (QED) is 0.606. The fourth-order valence-electron chi connectivity index (χ4n) is 1.21. The Morgan fingerprint density at radius 2 is 2.07 bits per heavy atom. The van der Waals surface area contributed by atoms with E-state index in [1.54, 1.807) is 17.8 Å². The Morgan fingerprint density at radius 3 is 2.79 bits per heavy atom. The number of carbonyl (C=O) groups excluding carboxylic acids is 1. The van der Waals surface area contributed by atoms with Gasteiger partial charge in [-0.1, -0.05) is 23.8 Å². The number of carbonyl (C=O) groups is 1. The molecule has 0 bridgehead atoms. The van der Waals surface area contributed by atoms with Gasteiger partial charge in [-0.05, 0) is 32.3 Å². The Labute approximate surface area is 90.0 Å². The lowest BCUT2D eigenvalue weighted by Crippen LogP contribution is -2.18. The smallest absolute Gasteiger partial charge is 0.157 e. The predicted octanol–water partition coefficient (Wildman–Crippen LogP) is 3.49. The summed E-state index contributed by atoms with van der Waals surface area (Å²) >= 11 is 1.70. The first kappa shape index (κ1) is 11.3. The summed E-state index contributed by atoms with van der Waals surface area (Å²) in [4.78, 5) is 11.5. The van der Waals surface area contributed by atoms with Crippen LogP contribution in [0.25, 0.3) is 0 Å². The van der Waals surface area contributed by atoms with Gasteiger partial charge in [-0.25, -0.2) is 0 Å². The Bertz CT molecular complexity index is 308. The van der Waals surface area contributed by atoms with Crippen molar-refractivity contribution in [1.82, 2.24) is 0 Å². The highest BCUT2D eigenvalue weighted by molar-refractivity contribution is 8.03. The number of hydrogen-bond donors (Lipinski definition) is 0. The van der Waals surface area contributed by atoms with Crippen LogP contribution in [0.15, 0.2) is 35.3 Å². The molecule has 0 atom stereocenters. The summed E-state index contributed by atoms with van der Waals surface area (Å²) in [7, 11) is 0. The van der Waals surface area contributed by atoms with Gasteiger partial charge in [-0.2, -0.15) is 0 Å². The number of hydrogen-bond acceptors (Lipinski definition) is 2. The third kappa shape index (κ3) is 3.97. The molecule has 0 aromatic carbocycles. The summed E-state index contributed by atoms with van der Waals surface area (Å²) in [6, 6.07) is 0. The van der Waals surface area contributed by atoms with Gasteiger partial charge in [-0.3, -0.25) is 4.79 Å². The molecule has 0 saturated carbocycles. The van der Waals surface area contributed by atoms with E-state index in [1.165, 1.54) is 0 Å². The Kier molecular flexibility index (Phi) is 3.76. The zero-order chi connectivity index (χ0) is 10.6. The average molecular weight is 208 g/mol. The zero-order valence-electron chi connectivity index (χ0n) is 8.91. The van der Waals surface area contributed by atoms with Crippen LogP contribution < -0.4 is 0 Å². The van der Waals surface area contributed by atoms with Gasteiger partial charge in [0.25, 0.3) is 0 Å². The molecular weight excluding hydrogens is 192 g/mol. The Balaban J connectivity index is 2.87. The van der Waals surface area contributed by atoms with Crippen LogP contribution in [0.1, 0.15) is 27.2 Å². The van der Waals surface area contributed by atoms with E-state index < -0.39 is 0 Å². The van der Waals surface area contributed by atoms with E-state index in [0.29, 0.717) is 6.42 Å². The zero-order valence-corrected chi connectivity index (χ0v) is 9.73. The molecule has 0 fully saturated rings. The van der Waals surface area contributed by atoms with Gasteiger partial charge in [0.15, 0.2) is 5.78 Å². The molecule has 1 aliphatic rings. The Morgan fingerprint density at radius 1 is 1.36 bits per heavy atom. The maximum absolute atomic E-state index is 11.5. The van der Waals surface area contributed by atoms with Crippen LogP contribution in [-0.4, -0.2) is 10.5 Å². The monoisotopic (exact) mass is 208 g/mol. The van der Waals surface area contributed by atoms with E-state index in [0.717, 1.165) is 5.57 Å². The topological polar surface area (TPSA) is 17.1 Å². The van der Waals surface area contributed by atoms with Gasteiger partial charge in [0.1, 0.15) is 0 Å². The third-order valence-corrected chi connectivity index (χ3v) is 3.03. The van der Waals surface area contributed by atoms with Gasteiger partial charge < -0.3 is 0 Å². The molecule has 1 rings (SSSR count). The maximum atomic E-state index is 11.5. The van der Waals surface area contributed by atoms with Gasteiger partial charge in [0.05, 0.1) is 0 Å². The van der Waals surface area contributed by atoms with E-state index in [-0.39, 0.29) is 10.5 Å². The highest BCUT2D eigenvalue weighted by Crippen LogP contribution is 2.29. The molecule has 1 aliphatic heterocycles. The normalized spacial score (nSPS) is 21.9. The van der Waals surface area contributed by atoms with Crippen molar-refractivity contribution >= 4 is 17.5 Å². The second kappa shape index (κ2) is 4.65. The molecule has 0 saturated heterocycles. The maximum Gasteiger partial charge on any atom is 0.157 e. The van der Waals surface area contributed by atoms with Crippen LogP contribution in [0.2, 0.25) is 0 Å². The lowest BCUT2D eigenvalue weighted by Gasteiger charge is -2.20. The molecule has 0 aromatic rings. The molecule has 2 heteroatoms. The molecule has 14 heavy (non-hydrogen) atoms. The summed E-state index contributed by atoms with van der Waals surface area (Å²) in [5, 5.41) is 2.05.